The summed E-state index contributed by atoms with van der Waals surface area (Å²) in [4.78, 5) is 36.8. The van der Waals surface area contributed by atoms with E-state index in [1.165, 1.54) is 40.9 Å². The number of unbranched alkanes of at least 4 members (excludes halogenated alkanes) is 2. The van der Waals surface area contributed by atoms with Crippen LogP contribution in [0.5, 0.6) is 5.75 Å². The van der Waals surface area contributed by atoms with Crippen LogP contribution in [-0.4, -0.2) is 61.5 Å². The van der Waals surface area contributed by atoms with Crippen LogP contribution in [0.1, 0.15) is 29.6 Å². The fourth-order valence-corrected chi connectivity index (χ4v) is 4.79. The van der Waals surface area contributed by atoms with Gasteiger partial charge in [-0.25, -0.2) is 8.42 Å². The van der Waals surface area contributed by atoms with Gasteiger partial charge in [-0.2, -0.15) is 4.72 Å². The van der Waals surface area contributed by atoms with Gasteiger partial charge < -0.3 is 26.2 Å². The number of carbonyl (C=O) groups excluding carboxylic acids is 1. The Balaban J connectivity index is 0.00000560. The normalized spacial score (nSPS) is 11.7. The van der Waals surface area contributed by atoms with Crippen molar-refractivity contribution >= 4 is 45.8 Å². The second-order valence-electron chi connectivity index (χ2n) is 8.52. The SMILES string of the molecule is Cl.N=C(N)NCCCCCOc1ccn2c(=O)cc(C(=O)NCC(NS(=O)(=O)c3ccccc3)C(=O)O)cc2c1. The number of ether oxygens (including phenoxy) is 1. The Morgan fingerprint density at radius 3 is 2.45 bits per heavy atom. The highest BCUT2D eigenvalue weighted by Crippen LogP contribution is 2.15. The Kier molecular flexibility index (Phi) is 11.9. The molecule has 1 unspecified atom stereocenters. The summed E-state index contributed by atoms with van der Waals surface area (Å²) in [6, 6.07) is 11.4. The third-order valence-corrected chi connectivity index (χ3v) is 7.05. The molecule has 0 fully saturated rings. The van der Waals surface area contributed by atoms with Crippen molar-refractivity contribution in [2.75, 3.05) is 19.7 Å². The third-order valence-electron chi connectivity index (χ3n) is 5.56. The van der Waals surface area contributed by atoms with Gasteiger partial charge in [0.25, 0.3) is 11.5 Å². The van der Waals surface area contributed by atoms with Crippen molar-refractivity contribution in [3.05, 3.63) is 76.7 Å². The van der Waals surface area contributed by atoms with Crippen LogP contribution in [0, 0.1) is 5.41 Å². The van der Waals surface area contributed by atoms with Crippen molar-refractivity contribution in [3.63, 3.8) is 0 Å². The number of sulfonamides is 1. The molecule has 2 heterocycles. The van der Waals surface area contributed by atoms with Gasteiger partial charge in [0.15, 0.2) is 5.96 Å². The predicted molar refractivity (Wildman–Crippen MR) is 151 cm³/mol. The van der Waals surface area contributed by atoms with Crippen molar-refractivity contribution in [3.8, 4) is 5.75 Å². The lowest BCUT2D eigenvalue weighted by molar-refractivity contribution is -0.138. The minimum Gasteiger partial charge on any atom is -0.493 e. The number of aliphatic carboxylic acids is 1. The number of nitrogens with one attached hydrogen (secondary N) is 4. The van der Waals surface area contributed by atoms with Crippen LogP contribution in [0.15, 0.2) is 70.5 Å². The van der Waals surface area contributed by atoms with Crippen LogP contribution >= 0.6 is 12.4 Å². The molecule has 3 rings (SSSR count). The molecular weight excluding hydrogens is 564 g/mol. The number of nitrogens with zero attached hydrogens (tertiary/aromatic N) is 1. The summed E-state index contributed by atoms with van der Waals surface area (Å²) < 4.78 is 34.1. The van der Waals surface area contributed by atoms with Crippen LogP contribution < -0.4 is 31.4 Å². The molecule has 40 heavy (non-hydrogen) atoms. The number of halogens is 1. The fraction of sp³-hybridized carbons (Fsp3) is 0.280. The van der Waals surface area contributed by atoms with Crippen LogP contribution in [-0.2, 0) is 14.8 Å². The number of fused-ring (bicyclic) bond motifs is 1. The average molecular weight is 595 g/mol. The molecule has 0 saturated heterocycles. The van der Waals surface area contributed by atoms with Crippen molar-refractivity contribution in [1.29, 1.82) is 5.41 Å². The quantitative estimate of drug-likeness (QED) is 0.0890. The van der Waals surface area contributed by atoms with Crippen LogP contribution in [0.3, 0.4) is 0 Å². The molecule has 7 N–H and O–H groups in total. The number of hydrogen-bond acceptors (Lipinski definition) is 7. The molecule has 0 radical (unpaired) electrons. The van der Waals surface area contributed by atoms with E-state index in [2.05, 4.69) is 15.4 Å². The summed E-state index contributed by atoms with van der Waals surface area (Å²) in [6.45, 7) is 0.478. The minimum absolute atomic E-state index is 0. The van der Waals surface area contributed by atoms with Crippen LogP contribution in [0.4, 0.5) is 0 Å². The van der Waals surface area contributed by atoms with E-state index in [9.17, 15) is 27.9 Å². The predicted octanol–water partition coefficient (Wildman–Crippen LogP) is 0.915. The zero-order valence-corrected chi connectivity index (χ0v) is 23.0. The smallest absolute Gasteiger partial charge is 0.323 e. The molecule has 0 saturated carbocycles. The average Bonchev–Trinajstić information content (AvgIpc) is 2.90. The Morgan fingerprint density at radius 1 is 1.05 bits per heavy atom. The molecule has 0 bridgehead atoms. The van der Waals surface area contributed by atoms with Gasteiger partial charge in [0.1, 0.15) is 11.8 Å². The lowest BCUT2D eigenvalue weighted by atomic mass is 10.2. The largest absolute Gasteiger partial charge is 0.493 e. The second kappa shape index (κ2) is 14.9. The first-order valence-electron chi connectivity index (χ1n) is 12.0. The Hall–Kier alpha value is -4.14. The van der Waals surface area contributed by atoms with Gasteiger partial charge in [-0.1, -0.05) is 18.2 Å². The number of carboxylic acid groups (broad SMARTS) is 1. The molecule has 0 aliphatic carbocycles. The van der Waals surface area contributed by atoms with Crippen molar-refractivity contribution < 1.29 is 27.9 Å². The van der Waals surface area contributed by atoms with E-state index in [0.717, 1.165) is 25.3 Å². The highest BCUT2D eigenvalue weighted by molar-refractivity contribution is 7.89. The van der Waals surface area contributed by atoms with Crippen molar-refractivity contribution in [2.45, 2.75) is 30.2 Å². The highest BCUT2D eigenvalue weighted by atomic mass is 35.5. The van der Waals surface area contributed by atoms with E-state index < -0.39 is 40.0 Å². The monoisotopic (exact) mass is 594 g/mol. The summed E-state index contributed by atoms with van der Waals surface area (Å²) in [6.07, 6.45) is 3.96. The number of benzene rings is 1. The first kappa shape index (κ1) is 32.1. The molecule has 216 valence electrons. The molecular formula is C25H31ClN6O7S. The maximum absolute atomic E-state index is 12.7. The summed E-state index contributed by atoms with van der Waals surface area (Å²) in [5, 5.41) is 21.7. The maximum atomic E-state index is 12.7. The van der Waals surface area contributed by atoms with Gasteiger partial charge in [-0.3, -0.25) is 24.2 Å². The van der Waals surface area contributed by atoms with Crippen molar-refractivity contribution in [1.82, 2.24) is 19.8 Å². The number of hydrogen-bond donors (Lipinski definition) is 6. The number of amides is 1. The number of nitrogens with two attached hydrogens (primary N) is 1. The molecule has 0 aliphatic heterocycles. The summed E-state index contributed by atoms with van der Waals surface area (Å²) >= 11 is 0. The van der Waals surface area contributed by atoms with E-state index in [1.54, 1.807) is 18.2 Å². The van der Waals surface area contributed by atoms with E-state index in [1.807, 2.05) is 0 Å². The molecule has 15 heteroatoms. The third kappa shape index (κ3) is 9.25. The number of carboxylic acids is 1. The summed E-state index contributed by atoms with van der Waals surface area (Å²) in [5.74, 6) is -1.80. The van der Waals surface area contributed by atoms with Gasteiger partial charge in [0.05, 0.1) is 17.0 Å². The minimum atomic E-state index is -4.14. The Labute approximate surface area is 236 Å². The number of carbonyl (C=O) groups is 2. The van der Waals surface area contributed by atoms with E-state index in [-0.39, 0.29) is 28.8 Å². The number of aromatic nitrogens is 1. The first-order chi connectivity index (χ1) is 18.6. The zero-order chi connectivity index (χ0) is 28.4. The highest BCUT2D eigenvalue weighted by Gasteiger charge is 2.26. The van der Waals surface area contributed by atoms with Gasteiger partial charge >= 0.3 is 5.97 Å². The number of rotatable bonds is 14. The molecule has 0 spiro atoms. The van der Waals surface area contributed by atoms with E-state index >= 15 is 0 Å². The topological polar surface area (TPSA) is 205 Å². The molecule has 2 aromatic heterocycles. The molecule has 0 aliphatic rings. The van der Waals surface area contributed by atoms with E-state index in [4.69, 9.17) is 15.9 Å². The molecule has 1 amide bonds. The fourth-order valence-electron chi connectivity index (χ4n) is 3.58. The van der Waals surface area contributed by atoms with Crippen LogP contribution in [0.25, 0.3) is 5.52 Å². The van der Waals surface area contributed by atoms with Gasteiger partial charge in [-0.15, -0.1) is 12.4 Å². The summed E-state index contributed by atoms with van der Waals surface area (Å²) in [7, 11) is -4.14. The molecule has 3 aromatic rings. The van der Waals surface area contributed by atoms with Gasteiger partial charge in [0.2, 0.25) is 10.0 Å². The zero-order valence-electron chi connectivity index (χ0n) is 21.3. The lowest BCUT2D eigenvalue weighted by Crippen LogP contribution is -2.48. The molecule has 1 atom stereocenters. The lowest BCUT2D eigenvalue weighted by Gasteiger charge is -2.16. The standard InChI is InChI=1S/C25H30N6O7S.ClH/c26-25(27)28-10-5-2-6-12-38-19-9-11-31-18(15-19)13-17(14-22(31)32)23(33)29-16-21(24(34)35)30-39(36,37)20-7-3-1-4-8-20;/h1,3-4,7-9,11,13-15,21,30H,2,5-6,10,12,16H2,(H,29,33)(H,34,35)(H4,26,27,28);1H. The first-order valence-corrected chi connectivity index (χ1v) is 13.5. The van der Waals surface area contributed by atoms with Gasteiger partial charge in [-0.05, 0) is 43.5 Å². The van der Waals surface area contributed by atoms with Crippen molar-refractivity contribution in [2.24, 2.45) is 5.73 Å². The number of guanidine groups is 1. The second-order valence-corrected chi connectivity index (χ2v) is 10.2. The Bertz CT molecular complexity index is 1500. The van der Waals surface area contributed by atoms with Gasteiger partial charge in [0, 0.05) is 37.0 Å². The Morgan fingerprint density at radius 2 is 1.77 bits per heavy atom. The van der Waals surface area contributed by atoms with Crippen LogP contribution in [0.2, 0.25) is 0 Å². The number of pyridine rings is 2. The maximum Gasteiger partial charge on any atom is 0.323 e. The molecule has 13 nitrogen and oxygen atoms in total. The molecule has 1 aromatic carbocycles. The van der Waals surface area contributed by atoms with E-state index in [0.29, 0.717) is 24.4 Å². The summed E-state index contributed by atoms with van der Waals surface area (Å²) in [5.41, 5.74) is 5.11.